The lowest BCUT2D eigenvalue weighted by atomic mass is 9.71. The van der Waals surface area contributed by atoms with Gasteiger partial charge in [-0.3, -0.25) is 19.7 Å². The van der Waals surface area contributed by atoms with Gasteiger partial charge >= 0.3 is 0 Å². The van der Waals surface area contributed by atoms with E-state index in [-0.39, 0.29) is 17.0 Å². The van der Waals surface area contributed by atoms with E-state index in [4.69, 9.17) is 0 Å². The fourth-order valence-corrected chi connectivity index (χ4v) is 4.33. The van der Waals surface area contributed by atoms with Crippen LogP contribution in [0.2, 0.25) is 0 Å². The molecule has 1 aromatic rings. The number of imide groups is 1. The first-order valence-corrected chi connectivity index (χ1v) is 7.84. The van der Waals surface area contributed by atoms with E-state index in [1.165, 1.54) is 6.07 Å². The molecule has 0 aliphatic carbocycles. The van der Waals surface area contributed by atoms with E-state index in [1.807, 2.05) is 6.29 Å². The van der Waals surface area contributed by atoms with E-state index in [9.17, 15) is 14.4 Å². The maximum absolute atomic E-state index is 12.3. The van der Waals surface area contributed by atoms with Crippen LogP contribution in [0.1, 0.15) is 78.3 Å². The number of carbonyl (C=O) groups excluding carboxylic acids is 3. The second-order valence-corrected chi connectivity index (χ2v) is 7.83. The molecule has 1 fully saturated rings. The Morgan fingerprint density at radius 2 is 1.65 bits per heavy atom. The van der Waals surface area contributed by atoms with Crippen molar-refractivity contribution in [2.45, 2.75) is 57.5 Å². The molecule has 1 radical (unpaired) electrons. The standard InChI is InChI=1S/C18H21N2O3/c1-17(2)7-11(8-18(3,4)20-17)13-10(9-21)5-6-12-14(13)16(23)19-15(12)22/h5-6,11,20H,7-8H2,1-4H3,(H,19,22,23). The lowest BCUT2D eigenvalue weighted by Gasteiger charge is -2.47. The molecule has 23 heavy (non-hydrogen) atoms. The van der Waals surface area contributed by atoms with Gasteiger partial charge in [-0.05, 0) is 64.2 Å². The highest BCUT2D eigenvalue weighted by atomic mass is 16.2. The molecule has 5 heteroatoms. The van der Waals surface area contributed by atoms with Crippen LogP contribution in [0.5, 0.6) is 0 Å². The normalized spacial score (nSPS) is 22.6. The predicted octanol–water partition coefficient (Wildman–Crippen LogP) is 2.05. The number of rotatable bonds is 2. The highest BCUT2D eigenvalue weighted by molar-refractivity contribution is 6.22. The van der Waals surface area contributed by atoms with Gasteiger partial charge in [0, 0.05) is 16.6 Å². The molecule has 2 N–H and O–H groups in total. The molecule has 2 aliphatic rings. The quantitative estimate of drug-likeness (QED) is 0.820. The molecular formula is C18H21N2O3. The lowest BCUT2D eigenvalue weighted by Crippen LogP contribution is -2.57. The maximum atomic E-state index is 12.3. The summed E-state index contributed by atoms with van der Waals surface area (Å²) in [5, 5.41) is 5.92. The van der Waals surface area contributed by atoms with Crippen molar-refractivity contribution >= 4 is 18.1 Å². The van der Waals surface area contributed by atoms with Crippen LogP contribution in [-0.2, 0) is 4.79 Å². The SMILES string of the molecule is CC1(C)CC(c2c([C]=O)ccc3c2C(=O)NC3=O)CC(C)(C)N1. The van der Waals surface area contributed by atoms with Crippen LogP contribution in [0.15, 0.2) is 12.1 Å². The van der Waals surface area contributed by atoms with E-state index in [2.05, 4.69) is 38.3 Å². The van der Waals surface area contributed by atoms with Gasteiger partial charge in [0.1, 0.15) is 0 Å². The number of benzene rings is 1. The molecule has 1 aromatic carbocycles. The molecule has 0 atom stereocenters. The largest absolute Gasteiger partial charge is 0.307 e. The van der Waals surface area contributed by atoms with Crippen LogP contribution in [0.3, 0.4) is 0 Å². The molecular weight excluding hydrogens is 292 g/mol. The molecule has 0 aromatic heterocycles. The number of nitrogens with one attached hydrogen (secondary N) is 2. The minimum Gasteiger partial charge on any atom is -0.307 e. The summed E-state index contributed by atoms with van der Waals surface area (Å²) in [6, 6.07) is 3.14. The van der Waals surface area contributed by atoms with Crippen molar-refractivity contribution < 1.29 is 14.4 Å². The van der Waals surface area contributed by atoms with Gasteiger partial charge in [0.2, 0.25) is 6.29 Å². The second-order valence-electron chi connectivity index (χ2n) is 7.83. The fraction of sp³-hybridized carbons (Fsp3) is 0.500. The third kappa shape index (κ3) is 2.70. The van der Waals surface area contributed by atoms with Crippen LogP contribution in [0, 0.1) is 0 Å². The molecule has 0 saturated carbocycles. The second kappa shape index (κ2) is 4.99. The highest BCUT2D eigenvalue weighted by Crippen LogP contribution is 2.42. The Kier molecular flexibility index (Phi) is 3.45. The van der Waals surface area contributed by atoms with Gasteiger partial charge in [0.05, 0.1) is 11.1 Å². The summed E-state index contributed by atoms with van der Waals surface area (Å²) in [7, 11) is 0. The van der Waals surface area contributed by atoms with Crippen LogP contribution in [0.4, 0.5) is 0 Å². The van der Waals surface area contributed by atoms with Gasteiger partial charge in [0.15, 0.2) is 0 Å². The van der Waals surface area contributed by atoms with Crippen molar-refractivity contribution in [1.29, 1.82) is 0 Å². The summed E-state index contributed by atoms with van der Waals surface area (Å²) in [6.45, 7) is 8.44. The monoisotopic (exact) mass is 313 g/mol. The average molecular weight is 313 g/mol. The molecule has 2 aliphatic heterocycles. The van der Waals surface area contributed by atoms with Gasteiger partial charge in [0.25, 0.3) is 11.8 Å². The first-order chi connectivity index (χ1) is 10.6. The van der Waals surface area contributed by atoms with Gasteiger partial charge < -0.3 is 5.32 Å². The van der Waals surface area contributed by atoms with Crippen molar-refractivity contribution in [3.63, 3.8) is 0 Å². The van der Waals surface area contributed by atoms with E-state index in [0.717, 1.165) is 12.8 Å². The minimum atomic E-state index is -0.411. The first-order valence-electron chi connectivity index (χ1n) is 7.84. The topological polar surface area (TPSA) is 75.3 Å². The Bertz CT molecular complexity index is 703. The Balaban J connectivity index is 2.18. The predicted molar refractivity (Wildman–Crippen MR) is 86.3 cm³/mol. The zero-order valence-corrected chi connectivity index (χ0v) is 13.9. The van der Waals surface area contributed by atoms with Crippen molar-refractivity contribution in [2.24, 2.45) is 0 Å². The molecule has 0 spiro atoms. The Labute approximate surface area is 135 Å². The van der Waals surface area contributed by atoms with Gasteiger partial charge in [-0.1, -0.05) is 0 Å². The number of fused-ring (bicyclic) bond motifs is 1. The molecule has 1 saturated heterocycles. The van der Waals surface area contributed by atoms with Crippen LogP contribution < -0.4 is 10.6 Å². The smallest absolute Gasteiger partial charge is 0.259 e. The van der Waals surface area contributed by atoms with E-state index < -0.39 is 11.8 Å². The fourth-order valence-electron chi connectivity index (χ4n) is 4.33. The summed E-state index contributed by atoms with van der Waals surface area (Å²) in [5.74, 6) is -0.785. The third-order valence-electron chi connectivity index (χ3n) is 4.65. The number of amides is 2. The summed E-state index contributed by atoms with van der Waals surface area (Å²) >= 11 is 0. The highest BCUT2D eigenvalue weighted by Gasteiger charge is 2.42. The summed E-state index contributed by atoms with van der Waals surface area (Å²) in [4.78, 5) is 35.6. The molecule has 2 heterocycles. The van der Waals surface area contributed by atoms with Crippen LogP contribution >= 0.6 is 0 Å². The lowest BCUT2D eigenvalue weighted by molar-refractivity contribution is 0.0878. The average Bonchev–Trinajstić information content (AvgIpc) is 2.69. The molecule has 2 amide bonds. The molecule has 5 nitrogen and oxygen atoms in total. The number of carbonyl (C=O) groups is 2. The summed E-state index contributed by atoms with van der Waals surface area (Å²) in [5.41, 5.74) is 1.51. The molecule has 0 bridgehead atoms. The van der Waals surface area contributed by atoms with Gasteiger partial charge in [-0.15, -0.1) is 0 Å². The maximum Gasteiger partial charge on any atom is 0.259 e. The molecule has 121 valence electrons. The number of hydrogen-bond donors (Lipinski definition) is 2. The zero-order chi connectivity index (χ0) is 17.0. The number of piperidine rings is 1. The molecule has 0 unspecified atom stereocenters. The van der Waals surface area contributed by atoms with Crippen molar-refractivity contribution in [3.8, 4) is 0 Å². The summed E-state index contributed by atoms with van der Waals surface area (Å²) in [6.07, 6.45) is 3.51. The Hall–Kier alpha value is -2.01. The van der Waals surface area contributed by atoms with E-state index in [1.54, 1.807) is 6.07 Å². The summed E-state index contributed by atoms with van der Waals surface area (Å²) < 4.78 is 0. The molecule has 3 rings (SSSR count). The van der Waals surface area contributed by atoms with Crippen molar-refractivity contribution in [3.05, 3.63) is 34.4 Å². The Morgan fingerprint density at radius 1 is 1.04 bits per heavy atom. The van der Waals surface area contributed by atoms with Crippen LogP contribution in [-0.4, -0.2) is 29.2 Å². The Morgan fingerprint density at radius 3 is 2.22 bits per heavy atom. The third-order valence-corrected chi connectivity index (χ3v) is 4.65. The zero-order valence-electron chi connectivity index (χ0n) is 13.9. The number of hydrogen-bond acceptors (Lipinski definition) is 4. The van der Waals surface area contributed by atoms with Crippen molar-refractivity contribution in [2.75, 3.05) is 0 Å². The van der Waals surface area contributed by atoms with E-state index in [0.29, 0.717) is 22.3 Å². The van der Waals surface area contributed by atoms with E-state index >= 15 is 0 Å². The van der Waals surface area contributed by atoms with Crippen molar-refractivity contribution in [1.82, 2.24) is 10.6 Å². The van der Waals surface area contributed by atoms with Gasteiger partial charge in [-0.25, -0.2) is 0 Å². The minimum absolute atomic E-state index is 0.0179. The van der Waals surface area contributed by atoms with Gasteiger partial charge in [-0.2, -0.15) is 0 Å². The first kappa shape index (κ1) is 15.9. The van der Waals surface area contributed by atoms with Crippen LogP contribution in [0.25, 0.3) is 0 Å².